The fourth-order valence-corrected chi connectivity index (χ4v) is 2.98. The summed E-state index contributed by atoms with van der Waals surface area (Å²) in [6.45, 7) is 2.22. The minimum atomic E-state index is -0.0595. The van der Waals surface area contributed by atoms with Crippen molar-refractivity contribution in [1.29, 1.82) is 0 Å². The van der Waals surface area contributed by atoms with Gasteiger partial charge in [0, 0.05) is 30.8 Å². The molecule has 2 aromatic carbocycles. The van der Waals surface area contributed by atoms with Crippen molar-refractivity contribution in [3.8, 4) is 5.75 Å². The molecule has 0 spiro atoms. The molecule has 0 unspecified atom stereocenters. The van der Waals surface area contributed by atoms with Crippen LogP contribution in [0.1, 0.15) is 17.5 Å². The van der Waals surface area contributed by atoms with E-state index in [1.54, 1.807) is 7.11 Å². The lowest BCUT2D eigenvalue weighted by atomic mass is 10.0. The molecule has 0 saturated carbocycles. The number of morpholine rings is 1. The summed E-state index contributed by atoms with van der Waals surface area (Å²) in [5, 5.41) is 6.20. The van der Waals surface area contributed by atoms with E-state index < -0.39 is 0 Å². The number of carbonyl (C=O) groups excluding carboxylic acids is 1. The Morgan fingerprint density at radius 1 is 1.28 bits per heavy atom. The van der Waals surface area contributed by atoms with Crippen molar-refractivity contribution in [2.24, 2.45) is 0 Å². The van der Waals surface area contributed by atoms with Crippen LogP contribution in [0.3, 0.4) is 0 Å². The highest BCUT2D eigenvalue weighted by Gasteiger charge is 2.17. The van der Waals surface area contributed by atoms with E-state index >= 15 is 0 Å². The van der Waals surface area contributed by atoms with Gasteiger partial charge in [-0.2, -0.15) is 0 Å². The van der Waals surface area contributed by atoms with Crippen LogP contribution in [0.5, 0.6) is 5.75 Å². The summed E-state index contributed by atoms with van der Waals surface area (Å²) in [6, 6.07) is 15.9. The Morgan fingerprint density at radius 3 is 2.84 bits per heavy atom. The molecule has 1 aliphatic heterocycles. The molecule has 1 heterocycles. The van der Waals surface area contributed by atoms with Gasteiger partial charge in [0.2, 0.25) is 5.91 Å². The zero-order chi connectivity index (χ0) is 17.5. The van der Waals surface area contributed by atoms with Gasteiger partial charge in [-0.05, 0) is 23.8 Å². The molecule has 0 bridgehead atoms. The minimum Gasteiger partial charge on any atom is -0.496 e. The van der Waals surface area contributed by atoms with E-state index in [2.05, 4.69) is 22.8 Å². The molecule has 1 amide bonds. The van der Waals surface area contributed by atoms with Crippen molar-refractivity contribution in [2.45, 2.75) is 18.9 Å². The van der Waals surface area contributed by atoms with Crippen molar-refractivity contribution in [3.63, 3.8) is 0 Å². The summed E-state index contributed by atoms with van der Waals surface area (Å²) < 4.78 is 11.0. The molecular weight excluding hydrogens is 316 g/mol. The third kappa shape index (κ3) is 5.05. The second kappa shape index (κ2) is 8.65. The van der Waals surface area contributed by atoms with Crippen molar-refractivity contribution >= 4 is 11.6 Å². The molecule has 5 heteroatoms. The fraction of sp³-hybridized carbons (Fsp3) is 0.350. The van der Waals surface area contributed by atoms with Crippen molar-refractivity contribution in [1.82, 2.24) is 5.32 Å². The molecule has 25 heavy (non-hydrogen) atoms. The number of methoxy groups -OCH3 is 1. The molecule has 5 nitrogen and oxygen atoms in total. The lowest BCUT2D eigenvalue weighted by Gasteiger charge is -2.23. The van der Waals surface area contributed by atoms with E-state index in [1.165, 1.54) is 5.56 Å². The number of amides is 1. The maximum absolute atomic E-state index is 12.3. The van der Waals surface area contributed by atoms with Crippen LogP contribution in [0.25, 0.3) is 0 Å². The number of anilines is 1. The highest BCUT2D eigenvalue weighted by molar-refractivity contribution is 5.91. The van der Waals surface area contributed by atoms with E-state index in [1.807, 2.05) is 36.4 Å². The van der Waals surface area contributed by atoms with Gasteiger partial charge in [0.05, 0.1) is 26.2 Å². The van der Waals surface area contributed by atoms with Crippen LogP contribution < -0.4 is 15.4 Å². The Bertz CT molecular complexity index is 697. The molecule has 1 fully saturated rings. The van der Waals surface area contributed by atoms with Crippen LogP contribution >= 0.6 is 0 Å². The van der Waals surface area contributed by atoms with Gasteiger partial charge in [0.15, 0.2) is 0 Å². The number of rotatable bonds is 6. The average Bonchev–Trinajstić information content (AvgIpc) is 2.63. The van der Waals surface area contributed by atoms with E-state index in [4.69, 9.17) is 9.47 Å². The zero-order valence-electron chi connectivity index (χ0n) is 14.5. The number of benzene rings is 2. The number of carbonyl (C=O) groups is 1. The molecule has 3 rings (SSSR count). The van der Waals surface area contributed by atoms with Crippen molar-refractivity contribution in [3.05, 3.63) is 59.7 Å². The largest absolute Gasteiger partial charge is 0.496 e. The molecule has 1 aliphatic rings. The Kier molecular flexibility index (Phi) is 6.04. The molecule has 1 saturated heterocycles. The summed E-state index contributed by atoms with van der Waals surface area (Å²) in [6.07, 6.45) is 1.05. The Labute approximate surface area is 148 Å². The van der Waals surface area contributed by atoms with E-state index in [-0.39, 0.29) is 12.0 Å². The Balaban J connectivity index is 1.67. The van der Waals surface area contributed by atoms with Gasteiger partial charge in [-0.15, -0.1) is 0 Å². The van der Waals surface area contributed by atoms with Crippen molar-refractivity contribution in [2.75, 3.05) is 32.1 Å². The van der Waals surface area contributed by atoms with Gasteiger partial charge in [-0.25, -0.2) is 0 Å². The highest BCUT2D eigenvalue weighted by Crippen LogP contribution is 2.25. The predicted molar refractivity (Wildman–Crippen MR) is 98.1 cm³/mol. The van der Waals surface area contributed by atoms with Crippen LogP contribution in [-0.4, -0.2) is 38.8 Å². The standard InChI is InChI=1S/C20H24N2O3/c1-24-19-8-7-17(12-16(19)11-15-5-3-2-4-6-15)22-20(23)13-18-14-21-9-10-25-18/h2-8,12,18,21H,9-11,13-14H2,1H3,(H,22,23)/t18-/m1/s1. The summed E-state index contributed by atoms with van der Waals surface area (Å²) in [4.78, 5) is 12.3. The summed E-state index contributed by atoms with van der Waals surface area (Å²) in [5.74, 6) is 0.784. The Hall–Kier alpha value is -2.37. The van der Waals surface area contributed by atoms with Gasteiger partial charge in [-0.1, -0.05) is 30.3 Å². The predicted octanol–water partition coefficient (Wildman–Crippen LogP) is 2.60. The minimum absolute atomic E-state index is 0.0375. The lowest BCUT2D eigenvalue weighted by Crippen LogP contribution is -2.40. The molecule has 0 aromatic heterocycles. The first kappa shape index (κ1) is 17.5. The maximum Gasteiger partial charge on any atom is 0.227 e. The van der Waals surface area contributed by atoms with Crippen LogP contribution in [-0.2, 0) is 16.0 Å². The van der Waals surface area contributed by atoms with E-state index in [0.29, 0.717) is 13.0 Å². The van der Waals surface area contributed by atoms with Gasteiger partial charge in [-0.3, -0.25) is 4.79 Å². The SMILES string of the molecule is COc1ccc(NC(=O)C[C@@H]2CNCCO2)cc1Cc1ccccc1. The van der Waals surface area contributed by atoms with Crippen molar-refractivity contribution < 1.29 is 14.3 Å². The normalized spacial score (nSPS) is 17.1. The van der Waals surface area contributed by atoms with Gasteiger partial charge in [0.1, 0.15) is 5.75 Å². The van der Waals surface area contributed by atoms with Crippen LogP contribution in [0, 0.1) is 0 Å². The van der Waals surface area contributed by atoms with E-state index in [9.17, 15) is 4.79 Å². The number of hydrogen-bond acceptors (Lipinski definition) is 4. The average molecular weight is 340 g/mol. The summed E-state index contributed by atoms with van der Waals surface area (Å²) in [7, 11) is 1.66. The Morgan fingerprint density at radius 2 is 2.12 bits per heavy atom. The van der Waals surface area contributed by atoms with E-state index in [0.717, 1.165) is 36.5 Å². The third-order valence-corrected chi connectivity index (χ3v) is 4.22. The smallest absolute Gasteiger partial charge is 0.227 e. The summed E-state index contributed by atoms with van der Waals surface area (Å²) in [5.41, 5.74) is 3.02. The molecule has 0 aliphatic carbocycles. The second-order valence-corrected chi connectivity index (χ2v) is 6.14. The number of ether oxygens (including phenoxy) is 2. The molecule has 2 N–H and O–H groups in total. The van der Waals surface area contributed by atoms with Gasteiger partial charge >= 0.3 is 0 Å². The van der Waals surface area contributed by atoms with Gasteiger partial charge in [0.25, 0.3) is 0 Å². The quantitative estimate of drug-likeness (QED) is 0.849. The zero-order valence-corrected chi connectivity index (χ0v) is 14.5. The first-order valence-corrected chi connectivity index (χ1v) is 8.57. The number of nitrogens with one attached hydrogen (secondary N) is 2. The number of hydrogen-bond donors (Lipinski definition) is 2. The molecule has 132 valence electrons. The third-order valence-electron chi connectivity index (χ3n) is 4.22. The van der Waals surface area contributed by atoms with Crippen LogP contribution in [0.4, 0.5) is 5.69 Å². The molecule has 2 aromatic rings. The first-order chi connectivity index (χ1) is 12.2. The summed E-state index contributed by atoms with van der Waals surface area (Å²) >= 11 is 0. The molecule has 1 atom stereocenters. The highest BCUT2D eigenvalue weighted by atomic mass is 16.5. The monoisotopic (exact) mass is 340 g/mol. The topological polar surface area (TPSA) is 59.6 Å². The maximum atomic E-state index is 12.3. The fourth-order valence-electron chi connectivity index (χ4n) is 2.98. The molecular formula is C20H24N2O3. The lowest BCUT2D eigenvalue weighted by molar-refractivity contribution is -0.119. The van der Waals surface area contributed by atoms with Crippen LogP contribution in [0.15, 0.2) is 48.5 Å². The molecule has 0 radical (unpaired) electrons. The van der Waals surface area contributed by atoms with Crippen LogP contribution in [0.2, 0.25) is 0 Å². The van der Waals surface area contributed by atoms with Gasteiger partial charge < -0.3 is 20.1 Å². The second-order valence-electron chi connectivity index (χ2n) is 6.14. The first-order valence-electron chi connectivity index (χ1n) is 8.57.